The average Bonchev–Trinajstić information content (AvgIpc) is 2.54. The normalized spacial score (nSPS) is 17.1. The largest absolute Gasteiger partial charge is 0.473 e. The molecule has 0 bridgehead atoms. The number of nitrogens with zero attached hydrogens (tertiary/aromatic N) is 4. The van der Waals surface area contributed by atoms with Gasteiger partial charge in [0, 0.05) is 0 Å². The fourth-order valence-electron chi connectivity index (χ4n) is 2.65. The molecule has 1 aliphatic rings. The zero-order valence-corrected chi connectivity index (χ0v) is 12.9. The second-order valence-corrected chi connectivity index (χ2v) is 5.73. The van der Waals surface area contributed by atoms with Crippen LogP contribution in [-0.2, 0) is 0 Å². The van der Waals surface area contributed by atoms with Crippen molar-refractivity contribution in [3.63, 3.8) is 0 Å². The maximum atomic E-state index is 11.9. The van der Waals surface area contributed by atoms with Crippen molar-refractivity contribution in [2.75, 3.05) is 5.73 Å². The van der Waals surface area contributed by atoms with Crippen LogP contribution >= 0.6 is 0 Å². The third kappa shape index (κ3) is 3.37. The molecule has 2 heterocycles. The predicted octanol–water partition coefficient (Wildman–Crippen LogP) is 1.28. The summed E-state index contributed by atoms with van der Waals surface area (Å²) in [7, 11) is 0. The number of Topliss-reactive ketones (excluding diaryl/α,β-unsaturated/α-hetero) is 1. The Hall–Kier alpha value is -2.35. The summed E-state index contributed by atoms with van der Waals surface area (Å²) in [5, 5.41) is 9.42. The number of carbonyl (C=O) groups is 1. The smallest absolute Gasteiger partial charge is 0.247 e. The number of carbonyl (C=O) groups excluding carboxylic acids is 1. The van der Waals surface area contributed by atoms with Gasteiger partial charge in [-0.2, -0.15) is 9.97 Å². The molecule has 23 heavy (non-hydrogen) atoms. The molecule has 0 spiro atoms. The maximum Gasteiger partial charge on any atom is 0.247 e. The predicted molar refractivity (Wildman–Crippen MR) is 83.1 cm³/mol. The summed E-state index contributed by atoms with van der Waals surface area (Å²) < 4.78 is 5.94. The molecule has 8 heteroatoms. The average molecular weight is 317 g/mol. The summed E-state index contributed by atoms with van der Waals surface area (Å²) in [6, 6.07) is 0. The fourth-order valence-corrected chi connectivity index (χ4v) is 2.65. The third-order valence-corrected chi connectivity index (χ3v) is 3.85. The van der Waals surface area contributed by atoms with E-state index in [1.807, 2.05) is 0 Å². The number of aliphatic hydroxyl groups is 1. The van der Waals surface area contributed by atoms with Gasteiger partial charge in [-0.15, -0.1) is 0 Å². The van der Waals surface area contributed by atoms with Gasteiger partial charge in [0.05, 0.1) is 6.20 Å². The molecule has 0 radical (unpaired) electrons. The number of ketones is 1. The van der Waals surface area contributed by atoms with Crippen molar-refractivity contribution in [1.82, 2.24) is 19.9 Å². The van der Waals surface area contributed by atoms with Gasteiger partial charge in [0.15, 0.2) is 11.2 Å². The topological polar surface area (TPSA) is 124 Å². The van der Waals surface area contributed by atoms with Crippen molar-refractivity contribution in [3.05, 3.63) is 11.9 Å². The van der Waals surface area contributed by atoms with Gasteiger partial charge >= 0.3 is 0 Å². The Kier molecular flexibility index (Phi) is 4.33. The molecule has 0 aromatic carbocycles. The van der Waals surface area contributed by atoms with Gasteiger partial charge in [-0.1, -0.05) is 6.42 Å². The van der Waals surface area contributed by atoms with Crippen molar-refractivity contribution >= 4 is 22.9 Å². The van der Waals surface area contributed by atoms with Gasteiger partial charge in [-0.3, -0.25) is 4.79 Å². The molecule has 1 aliphatic carbocycles. The highest BCUT2D eigenvalue weighted by atomic mass is 16.5. The van der Waals surface area contributed by atoms with E-state index in [0.29, 0.717) is 0 Å². The summed E-state index contributed by atoms with van der Waals surface area (Å²) in [4.78, 5) is 28.3. The van der Waals surface area contributed by atoms with E-state index in [2.05, 4.69) is 19.9 Å². The molecule has 0 unspecified atom stereocenters. The molecule has 0 aliphatic heterocycles. The minimum Gasteiger partial charge on any atom is -0.473 e. The third-order valence-electron chi connectivity index (χ3n) is 3.85. The molecule has 1 fully saturated rings. The molecular formula is C15H19N5O3. The first-order valence-corrected chi connectivity index (χ1v) is 7.74. The molecule has 3 rings (SSSR count). The lowest BCUT2D eigenvalue weighted by molar-refractivity contribution is 0.0774. The van der Waals surface area contributed by atoms with Crippen LogP contribution in [0.1, 0.15) is 49.5 Å². The molecule has 8 nitrogen and oxygen atoms in total. The first kappa shape index (κ1) is 15.5. The van der Waals surface area contributed by atoms with E-state index in [-0.39, 0.29) is 34.8 Å². The van der Waals surface area contributed by atoms with Gasteiger partial charge in [0.2, 0.25) is 17.6 Å². The van der Waals surface area contributed by atoms with E-state index >= 15 is 0 Å². The molecule has 0 saturated heterocycles. The van der Waals surface area contributed by atoms with Crippen LogP contribution in [-0.4, -0.2) is 43.0 Å². The highest BCUT2D eigenvalue weighted by Gasteiger charge is 2.21. The molecule has 0 amide bonds. The van der Waals surface area contributed by atoms with E-state index < -0.39 is 11.9 Å². The number of nitrogen functional groups attached to an aromatic ring is 1. The monoisotopic (exact) mass is 317 g/mol. The van der Waals surface area contributed by atoms with Crippen LogP contribution in [0, 0.1) is 0 Å². The molecule has 2 aromatic heterocycles. The fraction of sp³-hybridized carbons (Fsp3) is 0.533. The summed E-state index contributed by atoms with van der Waals surface area (Å²) in [5.41, 5.74) is 6.31. The number of aliphatic hydroxyl groups excluding tert-OH is 1. The van der Waals surface area contributed by atoms with Crippen molar-refractivity contribution < 1.29 is 14.6 Å². The highest BCUT2D eigenvalue weighted by molar-refractivity contribution is 5.98. The lowest BCUT2D eigenvalue weighted by atomic mass is 9.98. The van der Waals surface area contributed by atoms with Crippen LogP contribution in [0.3, 0.4) is 0 Å². The zero-order valence-electron chi connectivity index (χ0n) is 12.9. The van der Waals surface area contributed by atoms with Gasteiger partial charge in [0.1, 0.15) is 17.9 Å². The molecule has 2 aromatic rings. The molecule has 1 atom stereocenters. The lowest BCUT2D eigenvalue weighted by Crippen LogP contribution is -2.21. The second kappa shape index (κ2) is 6.41. The molecule has 122 valence electrons. The van der Waals surface area contributed by atoms with Crippen LogP contribution in [0.4, 0.5) is 5.95 Å². The van der Waals surface area contributed by atoms with Gasteiger partial charge in [-0.25, -0.2) is 9.97 Å². The van der Waals surface area contributed by atoms with Crippen molar-refractivity contribution in [1.29, 1.82) is 0 Å². The zero-order chi connectivity index (χ0) is 16.4. The minimum atomic E-state index is -1.15. The van der Waals surface area contributed by atoms with Crippen LogP contribution in [0.25, 0.3) is 11.2 Å². The first-order chi connectivity index (χ1) is 11.0. The number of fused-ring (bicyclic) bond motifs is 1. The van der Waals surface area contributed by atoms with Crippen LogP contribution < -0.4 is 10.5 Å². The lowest BCUT2D eigenvalue weighted by Gasteiger charge is -2.22. The van der Waals surface area contributed by atoms with E-state index in [1.165, 1.54) is 19.5 Å². The summed E-state index contributed by atoms with van der Waals surface area (Å²) in [6.07, 6.45) is 5.50. The number of hydrogen-bond donors (Lipinski definition) is 2. The van der Waals surface area contributed by atoms with Crippen LogP contribution in [0.5, 0.6) is 5.88 Å². The Morgan fingerprint density at radius 3 is 2.74 bits per heavy atom. The first-order valence-electron chi connectivity index (χ1n) is 7.74. The van der Waals surface area contributed by atoms with E-state index in [1.54, 1.807) is 0 Å². The minimum absolute atomic E-state index is 0.0483. The summed E-state index contributed by atoms with van der Waals surface area (Å²) in [6.45, 7) is 1.38. The number of hydrogen-bond acceptors (Lipinski definition) is 8. The Balaban J connectivity index is 2.00. The van der Waals surface area contributed by atoms with Gasteiger partial charge < -0.3 is 15.6 Å². The van der Waals surface area contributed by atoms with Crippen LogP contribution in [0.15, 0.2) is 6.20 Å². The highest BCUT2D eigenvalue weighted by Crippen LogP contribution is 2.26. The van der Waals surface area contributed by atoms with Crippen LogP contribution in [0.2, 0.25) is 0 Å². The Morgan fingerprint density at radius 1 is 1.30 bits per heavy atom. The van der Waals surface area contributed by atoms with E-state index in [0.717, 1.165) is 25.7 Å². The number of rotatable bonds is 4. The Morgan fingerprint density at radius 2 is 2.04 bits per heavy atom. The Bertz CT molecular complexity index is 728. The Labute approximate surface area is 133 Å². The quantitative estimate of drug-likeness (QED) is 0.808. The van der Waals surface area contributed by atoms with Crippen molar-refractivity contribution in [3.8, 4) is 5.88 Å². The van der Waals surface area contributed by atoms with Crippen molar-refractivity contribution in [2.45, 2.75) is 51.2 Å². The standard InChI is InChI=1S/C15H19N5O3/c1-8(21)12(22)10-7-17-13-11(18-10)14(20-15(16)19-13)23-9-5-3-2-4-6-9/h7-9,21H,2-6H2,1H3,(H2,16,17,19,20)/t8-/m0/s1. The number of anilines is 1. The SMILES string of the molecule is C[C@H](O)C(=O)c1cnc2nc(N)nc(OC3CCCCC3)c2n1. The van der Waals surface area contributed by atoms with E-state index in [9.17, 15) is 9.90 Å². The number of aromatic nitrogens is 4. The van der Waals surface area contributed by atoms with Crippen molar-refractivity contribution in [2.24, 2.45) is 0 Å². The van der Waals surface area contributed by atoms with E-state index in [4.69, 9.17) is 10.5 Å². The molecule has 3 N–H and O–H groups in total. The number of nitrogens with two attached hydrogens (primary N) is 1. The maximum absolute atomic E-state index is 11.9. The number of ether oxygens (including phenoxy) is 1. The molecular weight excluding hydrogens is 298 g/mol. The summed E-state index contributed by atoms with van der Waals surface area (Å²) >= 11 is 0. The summed E-state index contributed by atoms with van der Waals surface area (Å²) in [5.74, 6) is -0.223. The van der Waals surface area contributed by atoms with Gasteiger partial charge in [-0.05, 0) is 32.6 Å². The second-order valence-electron chi connectivity index (χ2n) is 5.73. The molecule has 1 saturated carbocycles. The van der Waals surface area contributed by atoms with Gasteiger partial charge in [0.25, 0.3) is 0 Å².